The van der Waals surface area contributed by atoms with E-state index in [1.807, 2.05) is 6.07 Å². The van der Waals surface area contributed by atoms with Crippen molar-refractivity contribution in [2.45, 2.75) is 31.4 Å². The number of carboxylic acid groups (broad SMARTS) is 1. The molecule has 162 valence electrons. The van der Waals surface area contributed by atoms with Gasteiger partial charge in [-0.15, -0.1) is 0 Å². The zero-order chi connectivity index (χ0) is 22.3. The molecule has 1 N–H and O–H groups in total. The fraction of sp³-hybridized carbons (Fsp3) is 0.333. The molecule has 0 radical (unpaired) electrons. The van der Waals surface area contributed by atoms with E-state index >= 15 is 0 Å². The average Bonchev–Trinajstić information content (AvgIpc) is 2.72. The van der Waals surface area contributed by atoms with Crippen molar-refractivity contribution < 1.29 is 32.6 Å². The Morgan fingerprint density at radius 2 is 1.63 bits per heavy atom. The number of benzene rings is 2. The van der Waals surface area contributed by atoms with E-state index in [9.17, 15) is 23.1 Å². The van der Waals surface area contributed by atoms with Gasteiger partial charge >= 0.3 is 11.9 Å². The van der Waals surface area contributed by atoms with Crippen LogP contribution in [0.4, 0.5) is 0 Å². The largest absolute Gasteiger partial charge is 0.497 e. The Morgan fingerprint density at radius 1 is 1.03 bits per heavy atom. The van der Waals surface area contributed by atoms with Crippen LogP contribution >= 0.6 is 0 Å². The summed E-state index contributed by atoms with van der Waals surface area (Å²) in [5, 5.41) is 9.32. The van der Waals surface area contributed by atoms with Crippen LogP contribution in [0.3, 0.4) is 0 Å². The molecule has 0 fully saturated rings. The zero-order valence-corrected chi connectivity index (χ0v) is 17.8. The van der Waals surface area contributed by atoms with E-state index in [2.05, 4.69) is 0 Å². The first kappa shape index (κ1) is 23.4. The van der Waals surface area contributed by atoms with Gasteiger partial charge in [-0.2, -0.15) is 4.31 Å². The maximum atomic E-state index is 13.2. The number of rotatable bonds is 10. The van der Waals surface area contributed by atoms with E-state index in [1.54, 1.807) is 38.1 Å². The molecule has 30 heavy (non-hydrogen) atoms. The van der Waals surface area contributed by atoms with Crippen LogP contribution in [0.5, 0.6) is 5.75 Å². The Hall–Kier alpha value is -2.91. The molecule has 0 aliphatic carbocycles. The second kappa shape index (κ2) is 10.2. The molecule has 0 aromatic heterocycles. The molecule has 0 amide bonds. The Bertz CT molecular complexity index is 957. The van der Waals surface area contributed by atoms with Crippen LogP contribution < -0.4 is 4.74 Å². The first-order valence-corrected chi connectivity index (χ1v) is 10.7. The second-order valence-electron chi connectivity index (χ2n) is 6.90. The SMILES string of the molecule is COc1ccc(S(=O)(=O)N(CC(=O)O)[C@@H](C(=O)OCc2ccccc2)C(C)C)cc1. The lowest BCUT2D eigenvalue weighted by Crippen LogP contribution is -2.50. The highest BCUT2D eigenvalue weighted by molar-refractivity contribution is 7.89. The van der Waals surface area contributed by atoms with Crippen molar-refractivity contribution in [2.24, 2.45) is 5.92 Å². The smallest absolute Gasteiger partial charge is 0.325 e. The van der Waals surface area contributed by atoms with Crippen molar-refractivity contribution in [1.82, 2.24) is 4.31 Å². The average molecular weight is 435 g/mol. The topological polar surface area (TPSA) is 110 Å². The van der Waals surface area contributed by atoms with Gasteiger partial charge in [0.25, 0.3) is 0 Å². The van der Waals surface area contributed by atoms with Crippen LogP contribution in [-0.2, 0) is 31.0 Å². The number of esters is 1. The molecule has 2 aromatic rings. The van der Waals surface area contributed by atoms with E-state index < -0.39 is 40.5 Å². The minimum atomic E-state index is -4.30. The van der Waals surface area contributed by atoms with Gasteiger partial charge in [0.1, 0.15) is 24.9 Å². The van der Waals surface area contributed by atoms with Gasteiger partial charge in [-0.3, -0.25) is 9.59 Å². The van der Waals surface area contributed by atoms with Crippen molar-refractivity contribution in [2.75, 3.05) is 13.7 Å². The van der Waals surface area contributed by atoms with E-state index in [4.69, 9.17) is 9.47 Å². The summed E-state index contributed by atoms with van der Waals surface area (Å²) >= 11 is 0. The lowest BCUT2D eigenvalue weighted by molar-refractivity contribution is -0.152. The van der Waals surface area contributed by atoms with Gasteiger partial charge in [-0.25, -0.2) is 8.42 Å². The summed E-state index contributed by atoms with van der Waals surface area (Å²) in [5.41, 5.74) is 0.733. The predicted molar refractivity (Wildman–Crippen MR) is 109 cm³/mol. The summed E-state index contributed by atoms with van der Waals surface area (Å²) in [5.74, 6) is -2.28. The summed E-state index contributed by atoms with van der Waals surface area (Å²) in [4.78, 5) is 24.1. The third-order valence-corrected chi connectivity index (χ3v) is 6.21. The number of aliphatic carboxylic acids is 1. The molecule has 1 atom stereocenters. The third kappa shape index (κ3) is 5.80. The number of hydrogen-bond acceptors (Lipinski definition) is 6. The summed E-state index contributed by atoms with van der Waals surface area (Å²) in [6.07, 6.45) is 0. The van der Waals surface area contributed by atoms with Crippen molar-refractivity contribution in [3.05, 3.63) is 60.2 Å². The van der Waals surface area contributed by atoms with Crippen LogP contribution in [0, 0.1) is 5.92 Å². The highest BCUT2D eigenvalue weighted by Gasteiger charge is 2.40. The number of carbonyl (C=O) groups excluding carboxylic acids is 1. The number of hydrogen-bond donors (Lipinski definition) is 1. The lowest BCUT2D eigenvalue weighted by atomic mass is 10.0. The normalized spacial score (nSPS) is 12.6. The molecule has 0 heterocycles. The molecule has 9 heteroatoms. The standard InChI is InChI=1S/C21H25NO7S/c1-15(2)20(21(25)29-14-16-7-5-4-6-8-16)22(13-19(23)24)30(26,27)18-11-9-17(28-3)10-12-18/h4-12,15,20H,13-14H2,1-3H3,(H,23,24)/t20-/m1/s1. The maximum absolute atomic E-state index is 13.2. The summed E-state index contributed by atoms with van der Waals surface area (Å²) in [7, 11) is -2.85. The third-order valence-electron chi connectivity index (χ3n) is 4.36. The van der Waals surface area contributed by atoms with E-state index in [0.29, 0.717) is 10.1 Å². The van der Waals surface area contributed by atoms with Crippen molar-refractivity contribution in [3.8, 4) is 5.75 Å². The van der Waals surface area contributed by atoms with Gasteiger partial charge in [0.15, 0.2) is 0 Å². The van der Waals surface area contributed by atoms with Gasteiger partial charge in [0.05, 0.1) is 12.0 Å². The van der Waals surface area contributed by atoms with E-state index in [0.717, 1.165) is 5.56 Å². The molecule has 2 aromatic carbocycles. The molecule has 0 spiro atoms. The number of nitrogens with zero attached hydrogens (tertiary/aromatic N) is 1. The quantitative estimate of drug-likeness (QED) is 0.571. The van der Waals surface area contributed by atoms with Crippen LogP contribution in [0.15, 0.2) is 59.5 Å². The summed E-state index contributed by atoms with van der Waals surface area (Å²) in [6, 6.07) is 13.1. The van der Waals surface area contributed by atoms with Crippen LogP contribution in [0.1, 0.15) is 19.4 Å². The fourth-order valence-electron chi connectivity index (χ4n) is 2.89. The predicted octanol–water partition coefficient (Wildman–Crippen LogP) is 2.54. The Morgan fingerprint density at radius 3 is 2.13 bits per heavy atom. The highest BCUT2D eigenvalue weighted by atomic mass is 32.2. The summed E-state index contributed by atoms with van der Waals surface area (Å²) in [6.45, 7) is 2.34. The van der Waals surface area contributed by atoms with Gasteiger partial charge in [-0.1, -0.05) is 44.2 Å². The van der Waals surface area contributed by atoms with Gasteiger partial charge < -0.3 is 14.6 Å². The van der Waals surface area contributed by atoms with Gasteiger partial charge in [-0.05, 0) is 35.7 Å². The minimum Gasteiger partial charge on any atom is -0.497 e. The second-order valence-corrected chi connectivity index (χ2v) is 8.79. The molecule has 2 rings (SSSR count). The number of methoxy groups -OCH3 is 1. The number of sulfonamides is 1. The van der Waals surface area contributed by atoms with Gasteiger partial charge in [0.2, 0.25) is 10.0 Å². The van der Waals surface area contributed by atoms with E-state index in [-0.39, 0.29) is 11.5 Å². The first-order valence-electron chi connectivity index (χ1n) is 9.25. The first-order chi connectivity index (χ1) is 14.2. The molecule has 0 aliphatic heterocycles. The van der Waals surface area contributed by atoms with Crippen LogP contribution in [-0.4, -0.2) is 49.5 Å². The van der Waals surface area contributed by atoms with Crippen molar-refractivity contribution >= 4 is 22.0 Å². The van der Waals surface area contributed by atoms with Crippen LogP contribution in [0.25, 0.3) is 0 Å². The number of ether oxygens (including phenoxy) is 2. The molecule has 8 nitrogen and oxygen atoms in total. The fourth-order valence-corrected chi connectivity index (χ4v) is 4.55. The molecule has 0 saturated heterocycles. The maximum Gasteiger partial charge on any atom is 0.325 e. The summed E-state index contributed by atoms with van der Waals surface area (Å²) < 4.78 is 37.4. The molecule has 0 bridgehead atoms. The highest BCUT2D eigenvalue weighted by Crippen LogP contribution is 2.25. The van der Waals surface area contributed by atoms with Crippen molar-refractivity contribution in [1.29, 1.82) is 0 Å². The zero-order valence-electron chi connectivity index (χ0n) is 17.0. The van der Waals surface area contributed by atoms with E-state index in [1.165, 1.54) is 31.4 Å². The monoisotopic (exact) mass is 435 g/mol. The molecule has 0 unspecified atom stereocenters. The molecular formula is C21H25NO7S. The molecule has 0 aliphatic rings. The molecule has 0 saturated carbocycles. The number of carbonyl (C=O) groups is 2. The minimum absolute atomic E-state index is 0.0492. The Kier molecular flexibility index (Phi) is 7.96. The number of carboxylic acids is 1. The van der Waals surface area contributed by atoms with Crippen LogP contribution in [0.2, 0.25) is 0 Å². The van der Waals surface area contributed by atoms with Gasteiger partial charge in [0, 0.05) is 0 Å². The Labute approximate surface area is 176 Å². The Balaban J connectivity index is 2.36. The van der Waals surface area contributed by atoms with Crippen molar-refractivity contribution in [3.63, 3.8) is 0 Å². The lowest BCUT2D eigenvalue weighted by Gasteiger charge is -2.30. The molecular weight excluding hydrogens is 410 g/mol.